The molecular weight excluding hydrogens is 306 g/mol. The SMILES string of the molecule is Nc1ccn2c(COc3cccc(Br)c3)cnc2c1. The molecule has 0 atom stereocenters. The van der Waals surface area contributed by atoms with E-state index in [0.29, 0.717) is 12.3 Å². The van der Waals surface area contributed by atoms with Gasteiger partial charge in [0.2, 0.25) is 0 Å². The number of rotatable bonds is 3. The van der Waals surface area contributed by atoms with Crippen molar-refractivity contribution >= 4 is 27.3 Å². The second kappa shape index (κ2) is 4.93. The van der Waals surface area contributed by atoms with Gasteiger partial charge in [0.15, 0.2) is 0 Å². The van der Waals surface area contributed by atoms with Crippen molar-refractivity contribution in [2.75, 3.05) is 5.73 Å². The highest BCUT2D eigenvalue weighted by Gasteiger charge is 2.04. The van der Waals surface area contributed by atoms with E-state index >= 15 is 0 Å². The maximum Gasteiger partial charge on any atom is 0.139 e. The summed E-state index contributed by atoms with van der Waals surface area (Å²) in [6.45, 7) is 0.460. The van der Waals surface area contributed by atoms with Gasteiger partial charge in [-0.25, -0.2) is 4.98 Å². The molecule has 0 bridgehead atoms. The third-order valence-corrected chi connectivity index (χ3v) is 3.29. The molecule has 1 aromatic carbocycles. The van der Waals surface area contributed by atoms with Gasteiger partial charge < -0.3 is 14.9 Å². The quantitative estimate of drug-likeness (QED) is 0.806. The van der Waals surface area contributed by atoms with Gasteiger partial charge in [-0.2, -0.15) is 0 Å². The van der Waals surface area contributed by atoms with Crippen molar-refractivity contribution in [2.24, 2.45) is 0 Å². The minimum Gasteiger partial charge on any atom is -0.487 e. The lowest BCUT2D eigenvalue weighted by Gasteiger charge is -2.06. The fourth-order valence-electron chi connectivity index (χ4n) is 1.87. The smallest absolute Gasteiger partial charge is 0.139 e. The van der Waals surface area contributed by atoms with Gasteiger partial charge in [0.25, 0.3) is 0 Å². The molecule has 2 aromatic heterocycles. The average molecular weight is 318 g/mol. The number of nitrogen functional groups attached to an aromatic ring is 1. The van der Waals surface area contributed by atoms with Crippen LogP contribution in [-0.4, -0.2) is 9.38 Å². The molecule has 2 heterocycles. The van der Waals surface area contributed by atoms with E-state index in [0.717, 1.165) is 21.6 Å². The maximum atomic E-state index is 5.75. The fourth-order valence-corrected chi connectivity index (χ4v) is 2.25. The summed E-state index contributed by atoms with van der Waals surface area (Å²) in [7, 11) is 0. The lowest BCUT2D eigenvalue weighted by molar-refractivity contribution is 0.300. The van der Waals surface area contributed by atoms with Crippen LogP contribution in [0.15, 0.2) is 53.3 Å². The van der Waals surface area contributed by atoms with Gasteiger partial charge >= 0.3 is 0 Å². The average Bonchev–Trinajstić information content (AvgIpc) is 2.78. The molecule has 0 fully saturated rings. The fraction of sp³-hybridized carbons (Fsp3) is 0.0714. The molecule has 0 radical (unpaired) electrons. The Labute approximate surface area is 119 Å². The maximum absolute atomic E-state index is 5.75. The standard InChI is InChI=1S/C14H12BrN3O/c15-10-2-1-3-13(6-10)19-9-12-8-17-14-7-11(16)4-5-18(12)14/h1-8H,9,16H2. The highest BCUT2D eigenvalue weighted by Crippen LogP contribution is 2.19. The second-order valence-corrected chi connectivity index (χ2v) is 5.10. The van der Waals surface area contributed by atoms with E-state index in [9.17, 15) is 0 Å². The van der Waals surface area contributed by atoms with Crippen LogP contribution in [0.1, 0.15) is 5.69 Å². The zero-order valence-electron chi connectivity index (χ0n) is 10.1. The highest BCUT2D eigenvalue weighted by molar-refractivity contribution is 9.10. The first-order valence-electron chi connectivity index (χ1n) is 5.82. The molecule has 0 unspecified atom stereocenters. The van der Waals surface area contributed by atoms with E-state index in [4.69, 9.17) is 10.5 Å². The predicted molar refractivity (Wildman–Crippen MR) is 78.1 cm³/mol. The van der Waals surface area contributed by atoms with Gasteiger partial charge in [-0.3, -0.25) is 0 Å². The Morgan fingerprint density at radius 3 is 3.00 bits per heavy atom. The first-order chi connectivity index (χ1) is 9.22. The number of imidazole rings is 1. The van der Waals surface area contributed by atoms with Crippen LogP contribution >= 0.6 is 15.9 Å². The number of halogens is 1. The number of fused-ring (bicyclic) bond motifs is 1. The van der Waals surface area contributed by atoms with Crippen LogP contribution in [-0.2, 0) is 6.61 Å². The normalized spacial score (nSPS) is 10.8. The summed E-state index contributed by atoms with van der Waals surface area (Å²) in [6, 6.07) is 11.4. The number of hydrogen-bond acceptors (Lipinski definition) is 3. The van der Waals surface area contributed by atoms with Crippen LogP contribution in [0.4, 0.5) is 5.69 Å². The van der Waals surface area contributed by atoms with Gasteiger partial charge in [0, 0.05) is 22.4 Å². The molecule has 19 heavy (non-hydrogen) atoms. The van der Waals surface area contributed by atoms with Crippen molar-refractivity contribution in [1.29, 1.82) is 0 Å². The van der Waals surface area contributed by atoms with E-state index < -0.39 is 0 Å². The van der Waals surface area contributed by atoms with Crippen molar-refractivity contribution in [3.63, 3.8) is 0 Å². The van der Waals surface area contributed by atoms with Crippen LogP contribution < -0.4 is 10.5 Å². The van der Waals surface area contributed by atoms with Gasteiger partial charge in [0.1, 0.15) is 18.0 Å². The number of aromatic nitrogens is 2. The summed E-state index contributed by atoms with van der Waals surface area (Å²) >= 11 is 3.42. The van der Waals surface area contributed by atoms with E-state index in [1.54, 1.807) is 6.20 Å². The van der Waals surface area contributed by atoms with E-state index in [1.165, 1.54) is 0 Å². The molecule has 4 nitrogen and oxygen atoms in total. The van der Waals surface area contributed by atoms with Crippen LogP contribution in [0.25, 0.3) is 5.65 Å². The summed E-state index contributed by atoms with van der Waals surface area (Å²) in [6.07, 6.45) is 3.70. The van der Waals surface area contributed by atoms with Crippen molar-refractivity contribution in [2.45, 2.75) is 6.61 Å². The molecule has 96 valence electrons. The third-order valence-electron chi connectivity index (χ3n) is 2.80. The van der Waals surface area contributed by atoms with E-state index in [2.05, 4.69) is 20.9 Å². The summed E-state index contributed by atoms with van der Waals surface area (Å²) in [4.78, 5) is 4.30. The molecule has 0 saturated heterocycles. The number of benzene rings is 1. The Morgan fingerprint density at radius 2 is 2.16 bits per heavy atom. The van der Waals surface area contributed by atoms with E-state index in [1.807, 2.05) is 47.0 Å². The van der Waals surface area contributed by atoms with Crippen LogP contribution in [0.3, 0.4) is 0 Å². The monoisotopic (exact) mass is 317 g/mol. The molecule has 0 aliphatic carbocycles. The molecule has 0 aliphatic rings. The molecule has 0 amide bonds. The number of hydrogen-bond donors (Lipinski definition) is 1. The van der Waals surface area contributed by atoms with Crippen LogP contribution in [0, 0.1) is 0 Å². The van der Waals surface area contributed by atoms with Crippen LogP contribution in [0.2, 0.25) is 0 Å². The van der Waals surface area contributed by atoms with Crippen molar-refractivity contribution in [1.82, 2.24) is 9.38 Å². The zero-order chi connectivity index (χ0) is 13.2. The van der Waals surface area contributed by atoms with Crippen molar-refractivity contribution in [3.05, 3.63) is 59.0 Å². The topological polar surface area (TPSA) is 52.5 Å². The Balaban J connectivity index is 1.82. The van der Waals surface area contributed by atoms with Crippen molar-refractivity contribution < 1.29 is 4.74 Å². The van der Waals surface area contributed by atoms with Crippen molar-refractivity contribution in [3.8, 4) is 5.75 Å². The molecule has 3 rings (SSSR count). The summed E-state index contributed by atoms with van der Waals surface area (Å²) in [5, 5.41) is 0. The molecule has 5 heteroatoms. The number of pyridine rings is 1. The molecule has 0 saturated carbocycles. The molecular formula is C14H12BrN3O. The number of nitrogens with zero attached hydrogens (tertiary/aromatic N) is 2. The number of nitrogens with two attached hydrogens (primary N) is 1. The predicted octanol–water partition coefficient (Wildman–Crippen LogP) is 3.26. The molecule has 0 spiro atoms. The number of ether oxygens (including phenoxy) is 1. The Morgan fingerprint density at radius 1 is 1.26 bits per heavy atom. The Kier molecular flexibility index (Phi) is 3.13. The lowest BCUT2D eigenvalue weighted by Crippen LogP contribution is -1.99. The highest BCUT2D eigenvalue weighted by atomic mass is 79.9. The summed E-state index contributed by atoms with van der Waals surface area (Å²) in [5.74, 6) is 0.819. The van der Waals surface area contributed by atoms with Gasteiger partial charge in [-0.15, -0.1) is 0 Å². The molecule has 3 aromatic rings. The van der Waals surface area contributed by atoms with Gasteiger partial charge in [-0.1, -0.05) is 22.0 Å². The summed E-state index contributed by atoms with van der Waals surface area (Å²) in [5.41, 5.74) is 8.24. The third kappa shape index (κ3) is 2.56. The molecule has 0 aliphatic heterocycles. The minimum absolute atomic E-state index is 0.460. The minimum atomic E-state index is 0.460. The number of anilines is 1. The van der Waals surface area contributed by atoms with Gasteiger partial charge in [0.05, 0.1) is 11.9 Å². The zero-order valence-corrected chi connectivity index (χ0v) is 11.7. The Bertz CT molecular complexity index is 724. The first kappa shape index (κ1) is 12.0. The lowest BCUT2D eigenvalue weighted by atomic mass is 10.3. The van der Waals surface area contributed by atoms with E-state index in [-0.39, 0.29) is 0 Å². The van der Waals surface area contributed by atoms with Gasteiger partial charge in [-0.05, 0) is 24.3 Å². The second-order valence-electron chi connectivity index (χ2n) is 4.18. The first-order valence-corrected chi connectivity index (χ1v) is 6.61. The van der Waals surface area contributed by atoms with Crippen LogP contribution in [0.5, 0.6) is 5.75 Å². The Hall–Kier alpha value is -2.01. The molecule has 2 N–H and O–H groups in total. The summed E-state index contributed by atoms with van der Waals surface area (Å²) < 4.78 is 8.71. The largest absolute Gasteiger partial charge is 0.487 e.